The Morgan fingerprint density at radius 2 is 2.09 bits per heavy atom. The van der Waals surface area contributed by atoms with Crippen LogP contribution >= 0.6 is 0 Å². The Kier molecular flexibility index (Phi) is 2.94. The van der Waals surface area contributed by atoms with Gasteiger partial charge in [0.1, 0.15) is 0 Å². The molecule has 0 amide bonds. The third kappa shape index (κ3) is 1.76. The molecule has 0 N–H and O–H groups in total. The molecule has 0 unspecified atom stereocenters. The number of hydrogen-bond acceptors (Lipinski definition) is 1. The molecule has 1 aliphatic heterocycles. The summed E-state index contributed by atoms with van der Waals surface area (Å²) in [6.45, 7) is 7.76. The van der Waals surface area contributed by atoms with Gasteiger partial charge in [0.25, 0.3) is 0 Å². The van der Waals surface area contributed by atoms with Gasteiger partial charge < -0.3 is 4.74 Å². The van der Waals surface area contributed by atoms with Crippen LogP contribution in [0.3, 0.4) is 0 Å². The molecule has 1 rings (SSSR count). The molecule has 1 atom stereocenters. The third-order valence-corrected chi connectivity index (χ3v) is 3.03. The predicted octanol–water partition coefficient (Wildman–Crippen LogP) is 2.99. The fourth-order valence-electron chi connectivity index (χ4n) is 2.02. The number of hydrogen-bond donors (Lipinski definition) is 0. The highest BCUT2D eigenvalue weighted by atomic mass is 16.5. The van der Waals surface area contributed by atoms with E-state index in [0.29, 0.717) is 5.92 Å². The van der Waals surface area contributed by atoms with Gasteiger partial charge in [0.2, 0.25) is 0 Å². The molecular formula is C10H20O. The monoisotopic (exact) mass is 156 g/mol. The first-order valence-electron chi connectivity index (χ1n) is 4.85. The standard InChI is InChI=1S/C10H20O/c1-4-10(9(2)3)7-5-6-8-11-10/h9H,4-8H2,1-3H3/t10-/m0/s1. The molecule has 11 heavy (non-hydrogen) atoms. The molecule has 1 saturated heterocycles. The van der Waals surface area contributed by atoms with E-state index in [-0.39, 0.29) is 5.60 Å². The van der Waals surface area contributed by atoms with Gasteiger partial charge in [-0.05, 0) is 31.6 Å². The van der Waals surface area contributed by atoms with Crippen LogP contribution in [0.5, 0.6) is 0 Å². The largest absolute Gasteiger partial charge is 0.375 e. The van der Waals surface area contributed by atoms with E-state index in [4.69, 9.17) is 4.74 Å². The van der Waals surface area contributed by atoms with Gasteiger partial charge in [-0.3, -0.25) is 0 Å². The second-order valence-electron chi connectivity index (χ2n) is 3.88. The van der Waals surface area contributed by atoms with Crippen LogP contribution in [-0.2, 0) is 4.74 Å². The molecular weight excluding hydrogens is 136 g/mol. The average Bonchev–Trinajstić information content (AvgIpc) is 2.05. The van der Waals surface area contributed by atoms with E-state index >= 15 is 0 Å². The Hall–Kier alpha value is -0.0400. The molecule has 0 aromatic rings. The molecule has 1 nitrogen and oxygen atoms in total. The fraction of sp³-hybridized carbons (Fsp3) is 1.00. The first-order valence-corrected chi connectivity index (χ1v) is 4.85. The van der Waals surface area contributed by atoms with Crippen molar-refractivity contribution in [2.24, 2.45) is 5.92 Å². The molecule has 0 aromatic heterocycles. The van der Waals surface area contributed by atoms with Crippen molar-refractivity contribution in [3.05, 3.63) is 0 Å². The lowest BCUT2D eigenvalue weighted by Crippen LogP contribution is -2.40. The number of ether oxygens (including phenoxy) is 1. The SMILES string of the molecule is CC[C@@]1(C(C)C)CCCCO1. The molecule has 1 fully saturated rings. The summed E-state index contributed by atoms with van der Waals surface area (Å²) in [5, 5.41) is 0. The lowest BCUT2D eigenvalue weighted by atomic mass is 9.81. The van der Waals surface area contributed by atoms with Gasteiger partial charge in [-0.25, -0.2) is 0 Å². The highest BCUT2D eigenvalue weighted by Crippen LogP contribution is 2.34. The molecule has 0 aromatic carbocycles. The molecule has 0 aliphatic carbocycles. The van der Waals surface area contributed by atoms with Crippen molar-refractivity contribution in [1.82, 2.24) is 0 Å². The van der Waals surface area contributed by atoms with Gasteiger partial charge in [0.05, 0.1) is 5.60 Å². The maximum atomic E-state index is 5.88. The van der Waals surface area contributed by atoms with Crippen molar-refractivity contribution in [3.8, 4) is 0 Å². The molecule has 1 heteroatoms. The normalized spacial score (nSPS) is 32.7. The van der Waals surface area contributed by atoms with Crippen molar-refractivity contribution in [2.75, 3.05) is 6.61 Å². The molecule has 1 aliphatic rings. The molecule has 0 spiro atoms. The second-order valence-corrected chi connectivity index (χ2v) is 3.88. The van der Waals surface area contributed by atoms with Gasteiger partial charge in [-0.15, -0.1) is 0 Å². The zero-order chi connectivity index (χ0) is 8.32. The van der Waals surface area contributed by atoms with Gasteiger partial charge in [-0.2, -0.15) is 0 Å². The maximum absolute atomic E-state index is 5.88. The zero-order valence-corrected chi connectivity index (χ0v) is 8.02. The summed E-state index contributed by atoms with van der Waals surface area (Å²) in [5.74, 6) is 0.674. The van der Waals surface area contributed by atoms with E-state index in [1.807, 2.05) is 0 Å². The Morgan fingerprint density at radius 3 is 2.36 bits per heavy atom. The van der Waals surface area contributed by atoms with E-state index in [1.165, 1.54) is 25.7 Å². The van der Waals surface area contributed by atoms with Crippen LogP contribution < -0.4 is 0 Å². The highest BCUT2D eigenvalue weighted by molar-refractivity contribution is 4.84. The predicted molar refractivity (Wildman–Crippen MR) is 47.7 cm³/mol. The summed E-state index contributed by atoms with van der Waals surface area (Å²) in [6.07, 6.45) is 5.05. The van der Waals surface area contributed by atoms with Crippen LogP contribution in [0.25, 0.3) is 0 Å². The second kappa shape index (κ2) is 3.57. The Balaban J connectivity index is 2.57. The first kappa shape index (κ1) is 9.05. The molecule has 66 valence electrons. The maximum Gasteiger partial charge on any atom is 0.0702 e. The summed E-state index contributed by atoms with van der Waals surface area (Å²) in [7, 11) is 0. The van der Waals surface area contributed by atoms with Crippen LogP contribution in [0, 0.1) is 5.92 Å². The van der Waals surface area contributed by atoms with Gasteiger partial charge in [-0.1, -0.05) is 20.8 Å². The zero-order valence-electron chi connectivity index (χ0n) is 8.02. The van der Waals surface area contributed by atoms with Crippen LogP contribution in [0.15, 0.2) is 0 Å². The quantitative estimate of drug-likeness (QED) is 0.597. The Bertz CT molecular complexity index is 112. The first-order chi connectivity index (χ1) is 5.21. The van der Waals surface area contributed by atoms with E-state index in [0.717, 1.165) is 6.61 Å². The molecule has 0 saturated carbocycles. The summed E-state index contributed by atoms with van der Waals surface area (Å²) < 4.78 is 5.88. The summed E-state index contributed by atoms with van der Waals surface area (Å²) >= 11 is 0. The van der Waals surface area contributed by atoms with E-state index in [1.54, 1.807) is 0 Å². The topological polar surface area (TPSA) is 9.23 Å². The van der Waals surface area contributed by atoms with Crippen molar-refractivity contribution >= 4 is 0 Å². The van der Waals surface area contributed by atoms with Gasteiger partial charge >= 0.3 is 0 Å². The summed E-state index contributed by atoms with van der Waals surface area (Å²) in [6, 6.07) is 0. The molecule has 0 bridgehead atoms. The minimum atomic E-state index is 0.220. The van der Waals surface area contributed by atoms with Gasteiger partial charge in [0, 0.05) is 6.61 Å². The fourth-order valence-corrected chi connectivity index (χ4v) is 2.02. The van der Waals surface area contributed by atoms with Gasteiger partial charge in [0.15, 0.2) is 0 Å². The third-order valence-electron chi connectivity index (χ3n) is 3.03. The minimum absolute atomic E-state index is 0.220. The van der Waals surface area contributed by atoms with E-state index in [2.05, 4.69) is 20.8 Å². The lowest BCUT2D eigenvalue weighted by Gasteiger charge is -2.40. The van der Waals surface area contributed by atoms with Crippen molar-refractivity contribution in [2.45, 2.75) is 52.1 Å². The number of rotatable bonds is 2. The highest BCUT2D eigenvalue weighted by Gasteiger charge is 2.34. The van der Waals surface area contributed by atoms with Crippen molar-refractivity contribution < 1.29 is 4.74 Å². The van der Waals surface area contributed by atoms with Crippen molar-refractivity contribution in [1.29, 1.82) is 0 Å². The minimum Gasteiger partial charge on any atom is -0.375 e. The van der Waals surface area contributed by atoms with E-state index < -0.39 is 0 Å². The Morgan fingerprint density at radius 1 is 1.36 bits per heavy atom. The molecule has 0 radical (unpaired) electrons. The van der Waals surface area contributed by atoms with E-state index in [9.17, 15) is 0 Å². The summed E-state index contributed by atoms with van der Waals surface area (Å²) in [5.41, 5.74) is 0.220. The van der Waals surface area contributed by atoms with Crippen LogP contribution in [0.2, 0.25) is 0 Å². The Labute approximate surface area is 70.1 Å². The lowest BCUT2D eigenvalue weighted by molar-refractivity contribution is -0.110. The molecule has 1 heterocycles. The van der Waals surface area contributed by atoms with Crippen LogP contribution in [0.1, 0.15) is 46.5 Å². The van der Waals surface area contributed by atoms with Crippen molar-refractivity contribution in [3.63, 3.8) is 0 Å². The smallest absolute Gasteiger partial charge is 0.0702 e. The summed E-state index contributed by atoms with van der Waals surface area (Å²) in [4.78, 5) is 0. The average molecular weight is 156 g/mol. The van der Waals surface area contributed by atoms with Crippen LogP contribution in [0.4, 0.5) is 0 Å². The van der Waals surface area contributed by atoms with Crippen LogP contribution in [-0.4, -0.2) is 12.2 Å².